The largest absolute Gasteiger partial charge is 0.462 e. The minimum absolute atomic E-state index is 0.240. The number of benzene rings is 1. The molecule has 0 heterocycles. The molecule has 1 fully saturated rings. The van der Waals surface area contributed by atoms with Crippen LogP contribution in [0.2, 0.25) is 0 Å². The second kappa shape index (κ2) is 5.43. The van der Waals surface area contributed by atoms with Gasteiger partial charge in [-0.1, -0.05) is 42.5 Å². The quantitative estimate of drug-likeness (QED) is 0.467. The third-order valence-electron chi connectivity index (χ3n) is 4.07. The first-order chi connectivity index (χ1) is 9.31. The molecule has 0 N–H and O–H groups in total. The van der Waals surface area contributed by atoms with Crippen molar-refractivity contribution in [3.63, 3.8) is 0 Å². The van der Waals surface area contributed by atoms with Gasteiger partial charge in [-0.2, -0.15) is 0 Å². The van der Waals surface area contributed by atoms with Crippen molar-refractivity contribution in [1.29, 1.82) is 0 Å². The van der Waals surface area contributed by atoms with Crippen molar-refractivity contribution in [2.24, 2.45) is 17.8 Å². The van der Waals surface area contributed by atoms with Crippen molar-refractivity contribution in [3.8, 4) is 0 Å². The van der Waals surface area contributed by atoms with Gasteiger partial charge in [-0.3, -0.25) is 0 Å². The van der Waals surface area contributed by atoms with Crippen molar-refractivity contribution in [2.75, 3.05) is 6.61 Å². The van der Waals surface area contributed by atoms with E-state index in [2.05, 4.69) is 12.2 Å². The first kappa shape index (κ1) is 12.2. The second-order valence-electron chi connectivity index (χ2n) is 5.41. The molecule has 2 aliphatic carbocycles. The smallest absolute Gasteiger partial charge is 0.330 e. The molecular formula is C17H18O2. The Morgan fingerprint density at radius 3 is 2.74 bits per heavy atom. The lowest BCUT2D eigenvalue weighted by molar-refractivity contribution is -0.139. The number of allylic oxidation sites excluding steroid dienone is 2. The molecule has 3 rings (SSSR count). The van der Waals surface area contributed by atoms with Gasteiger partial charge in [0.2, 0.25) is 0 Å². The molecule has 1 saturated carbocycles. The summed E-state index contributed by atoms with van der Waals surface area (Å²) in [6, 6.07) is 9.78. The summed E-state index contributed by atoms with van der Waals surface area (Å²) in [7, 11) is 0. The van der Waals surface area contributed by atoms with Gasteiger partial charge in [0.05, 0.1) is 6.61 Å². The highest BCUT2D eigenvalue weighted by Gasteiger charge is 2.35. The van der Waals surface area contributed by atoms with Gasteiger partial charge in [-0.25, -0.2) is 4.79 Å². The molecule has 0 amide bonds. The van der Waals surface area contributed by atoms with Gasteiger partial charge in [0.15, 0.2) is 0 Å². The molecule has 3 atom stereocenters. The molecule has 1 aromatic rings. The van der Waals surface area contributed by atoms with Gasteiger partial charge in [0.1, 0.15) is 0 Å². The van der Waals surface area contributed by atoms with Crippen molar-refractivity contribution in [2.45, 2.75) is 12.8 Å². The normalized spacial score (nSPS) is 28.1. The summed E-state index contributed by atoms with van der Waals surface area (Å²) in [4.78, 5) is 11.7. The third kappa shape index (κ3) is 2.95. The highest BCUT2D eigenvalue weighted by Crippen LogP contribution is 2.43. The third-order valence-corrected chi connectivity index (χ3v) is 4.07. The van der Waals surface area contributed by atoms with Crippen molar-refractivity contribution >= 4 is 12.0 Å². The maximum Gasteiger partial charge on any atom is 0.330 e. The van der Waals surface area contributed by atoms with E-state index in [-0.39, 0.29) is 5.97 Å². The Morgan fingerprint density at radius 1 is 1.21 bits per heavy atom. The van der Waals surface area contributed by atoms with Gasteiger partial charge < -0.3 is 4.74 Å². The van der Waals surface area contributed by atoms with Crippen LogP contribution in [0.1, 0.15) is 18.4 Å². The van der Waals surface area contributed by atoms with Gasteiger partial charge in [-0.15, -0.1) is 0 Å². The van der Waals surface area contributed by atoms with Crippen LogP contribution >= 0.6 is 0 Å². The van der Waals surface area contributed by atoms with E-state index in [1.807, 2.05) is 30.3 Å². The molecule has 1 aromatic carbocycles. The van der Waals surface area contributed by atoms with Crippen molar-refractivity contribution in [1.82, 2.24) is 0 Å². The molecule has 2 aliphatic rings. The second-order valence-corrected chi connectivity index (χ2v) is 5.41. The fourth-order valence-corrected chi connectivity index (χ4v) is 3.05. The average molecular weight is 254 g/mol. The Kier molecular flexibility index (Phi) is 3.49. The van der Waals surface area contributed by atoms with Crippen LogP contribution in [-0.4, -0.2) is 12.6 Å². The number of carbonyl (C=O) groups excluding carboxylic acids is 1. The number of rotatable bonds is 4. The standard InChI is InChI=1S/C17H18O2/c18-17(9-7-13-4-2-1-3-5-13)19-12-16-11-14-6-8-15(16)10-14/h1-9,14-16H,10-12H2. The van der Waals surface area contributed by atoms with E-state index < -0.39 is 0 Å². The number of carbonyl (C=O) groups is 1. The molecule has 0 aromatic heterocycles. The Balaban J connectivity index is 1.47. The Hall–Kier alpha value is -1.83. The fourth-order valence-electron chi connectivity index (χ4n) is 3.05. The molecule has 0 radical (unpaired) electrons. The summed E-state index contributed by atoms with van der Waals surface area (Å²) in [6.07, 6.45) is 10.3. The van der Waals surface area contributed by atoms with E-state index in [9.17, 15) is 4.79 Å². The van der Waals surface area contributed by atoms with E-state index in [4.69, 9.17) is 4.74 Å². The van der Waals surface area contributed by atoms with Crippen LogP contribution in [0.3, 0.4) is 0 Å². The summed E-state index contributed by atoms with van der Waals surface area (Å²) in [6.45, 7) is 0.559. The van der Waals surface area contributed by atoms with Gasteiger partial charge in [-0.05, 0) is 42.2 Å². The highest BCUT2D eigenvalue weighted by molar-refractivity contribution is 5.87. The van der Waals surface area contributed by atoms with Gasteiger partial charge in [0.25, 0.3) is 0 Å². The van der Waals surface area contributed by atoms with Crippen LogP contribution in [0.4, 0.5) is 0 Å². The maximum atomic E-state index is 11.7. The van der Waals surface area contributed by atoms with E-state index in [0.717, 1.165) is 11.5 Å². The van der Waals surface area contributed by atoms with E-state index >= 15 is 0 Å². The van der Waals surface area contributed by atoms with Crippen LogP contribution in [0.15, 0.2) is 48.6 Å². The molecule has 3 unspecified atom stereocenters. The summed E-state index contributed by atoms with van der Waals surface area (Å²) in [5.74, 6) is 1.66. The molecule has 2 nitrogen and oxygen atoms in total. The van der Waals surface area contributed by atoms with Crippen LogP contribution in [0.25, 0.3) is 6.08 Å². The van der Waals surface area contributed by atoms with Crippen LogP contribution in [0.5, 0.6) is 0 Å². The van der Waals surface area contributed by atoms with Gasteiger partial charge in [0, 0.05) is 6.08 Å². The zero-order valence-corrected chi connectivity index (χ0v) is 10.9. The number of hydrogen-bond acceptors (Lipinski definition) is 2. The molecule has 0 saturated heterocycles. The molecule has 0 aliphatic heterocycles. The maximum absolute atomic E-state index is 11.7. The Labute approximate surface area is 113 Å². The summed E-state index contributed by atoms with van der Waals surface area (Å²) < 4.78 is 5.34. The number of esters is 1. The summed E-state index contributed by atoms with van der Waals surface area (Å²) in [5.41, 5.74) is 1.02. The van der Waals surface area contributed by atoms with E-state index in [0.29, 0.717) is 18.4 Å². The zero-order valence-electron chi connectivity index (χ0n) is 10.9. The number of ether oxygens (including phenoxy) is 1. The Bertz CT molecular complexity index is 501. The Morgan fingerprint density at radius 2 is 2.05 bits per heavy atom. The lowest BCUT2D eigenvalue weighted by atomic mass is 9.95. The van der Waals surface area contributed by atoms with E-state index in [1.165, 1.54) is 18.9 Å². The minimum Gasteiger partial charge on any atom is -0.462 e. The first-order valence-corrected chi connectivity index (χ1v) is 6.89. The molecular weight excluding hydrogens is 236 g/mol. The van der Waals surface area contributed by atoms with Crippen molar-refractivity contribution in [3.05, 3.63) is 54.1 Å². The van der Waals surface area contributed by atoms with Gasteiger partial charge >= 0.3 is 5.97 Å². The summed E-state index contributed by atoms with van der Waals surface area (Å²) in [5, 5.41) is 0. The van der Waals surface area contributed by atoms with Crippen molar-refractivity contribution < 1.29 is 9.53 Å². The molecule has 19 heavy (non-hydrogen) atoms. The predicted octanol–water partition coefficient (Wildman–Crippen LogP) is 3.46. The van der Waals surface area contributed by atoms with Crippen LogP contribution < -0.4 is 0 Å². The number of fused-ring (bicyclic) bond motifs is 2. The minimum atomic E-state index is -0.240. The lowest BCUT2D eigenvalue weighted by Gasteiger charge is -2.17. The van der Waals surface area contributed by atoms with Crippen LogP contribution in [-0.2, 0) is 9.53 Å². The number of hydrogen-bond donors (Lipinski definition) is 0. The molecule has 2 heteroatoms. The summed E-state index contributed by atoms with van der Waals surface area (Å²) >= 11 is 0. The monoisotopic (exact) mass is 254 g/mol. The fraction of sp³-hybridized carbons (Fsp3) is 0.353. The first-order valence-electron chi connectivity index (χ1n) is 6.89. The zero-order chi connectivity index (χ0) is 13.1. The lowest BCUT2D eigenvalue weighted by Crippen LogP contribution is -2.16. The highest BCUT2D eigenvalue weighted by atomic mass is 16.5. The topological polar surface area (TPSA) is 26.3 Å². The average Bonchev–Trinajstić information content (AvgIpc) is 3.06. The molecule has 2 bridgehead atoms. The molecule has 98 valence electrons. The predicted molar refractivity (Wildman–Crippen MR) is 75.3 cm³/mol. The SMILES string of the molecule is O=C(C=Cc1ccccc1)OCC1CC2C=CC1C2. The molecule has 0 spiro atoms. The van der Waals surface area contributed by atoms with E-state index in [1.54, 1.807) is 6.08 Å². The van der Waals surface area contributed by atoms with Crippen LogP contribution in [0, 0.1) is 17.8 Å².